The van der Waals surface area contributed by atoms with Crippen LogP contribution < -0.4 is 5.32 Å². The van der Waals surface area contributed by atoms with Gasteiger partial charge in [-0.3, -0.25) is 4.79 Å². The first-order valence-electron chi connectivity index (χ1n) is 6.75. The summed E-state index contributed by atoms with van der Waals surface area (Å²) in [5, 5.41) is 5.12. The Kier molecular flexibility index (Phi) is 5.25. The average molecular weight is 330 g/mol. The van der Waals surface area contributed by atoms with Gasteiger partial charge in [-0.2, -0.15) is 0 Å². The van der Waals surface area contributed by atoms with Gasteiger partial charge in [0.05, 0.1) is 9.35 Å². The van der Waals surface area contributed by atoms with Crippen molar-refractivity contribution >= 4 is 33.2 Å². The Hall–Kier alpha value is -0.350. The lowest BCUT2D eigenvalue weighted by Crippen LogP contribution is -2.40. The Labute approximate surface area is 121 Å². The number of thiophene rings is 1. The van der Waals surface area contributed by atoms with E-state index < -0.39 is 0 Å². The average Bonchev–Trinajstić information content (AvgIpc) is 2.83. The number of carbonyl (C=O) groups is 1. The van der Waals surface area contributed by atoms with E-state index in [4.69, 9.17) is 0 Å². The highest BCUT2D eigenvalue weighted by Crippen LogP contribution is 2.28. The molecule has 1 aliphatic carbocycles. The lowest BCUT2D eigenvalue weighted by Gasteiger charge is -2.30. The maximum Gasteiger partial charge on any atom is 0.252 e. The second kappa shape index (κ2) is 6.71. The summed E-state index contributed by atoms with van der Waals surface area (Å²) >= 11 is 4.96. The fraction of sp³-hybridized carbons (Fsp3) is 0.643. The predicted octanol–water partition coefficient (Wildman–Crippen LogP) is 4.60. The summed E-state index contributed by atoms with van der Waals surface area (Å²) < 4.78 is 1.01. The lowest BCUT2D eigenvalue weighted by atomic mass is 9.83. The topological polar surface area (TPSA) is 29.1 Å². The molecule has 0 spiro atoms. The smallest absolute Gasteiger partial charge is 0.252 e. The summed E-state index contributed by atoms with van der Waals surface area (Å²) in [7, 11) is 0. The minimum absolute atomic E-state index is 0.0781. The van der Waals surface area contributed by atoms with Crippen molar-refractivity contribution in [3.8, 4) is 0 Å². The summed E-state index contributed by atoms with van der Waals surface area (Å²) in [5.41, 5.74) is 0.779. The van der Waals surface area contributed by atoms with Crippen LogP contribution in [0.25, 0.3) is 0 Å². The molecule has 1 unspecified atom stereocenters. The number of halogens is 1. The number of carbonyl (C=O) groups excluding carboxylic acids is 1. The zero-order valence-corrected chi connectivity index (χ0v) is 13.1. The van der Waals surface area contributed by atoms with Gasteiger partial charge in [0.15, 0.2) is 0 Å². The van der Waals surface area contributed by atoms with Crippen molar-refractivity contribution in [3.05, 3.63) is 20.8 Å². The fourth-order valence-corrected chi connectivity index (χ4v) is 3.91. The number of hydrogen-bond acceptors (Lipinski definition) is 2. The Morgan fingerprint density at radius 2 is 2.22 bits per heavy atom. The highest BCUT2D eigenvalue weighted by atomic mass is 79.9. The van der Waals surface area contributed by atoms with Gasteiger partial charge in [0.2, 0.25) is 0 Å². The quantitative estimate of drug-likeness (QED) is 0.859. The second-order valence-corrected chi connectivity index (χ2v) is 7.32. The van der Waals surface area contributed by atoms with E-state index in [1.54, 1.807) is 11.3 Å². The number of rotatable bonds is 4. The molecule has 18 heavy (non-hydrogen) atoms. The van der Waals surface area contributed by atoms with E-state index in [2.05, 4.69) is 28.2 Å². The van der Waals surface area contributed by atoms with Crippen molar-refractivity contribution in [2.45, 2.75) is 51.5 Å². The van der Waals surface area contributed by atoms with Crippen molar-refractivity contribution in [1.29, 1.82) is 0 Å². The largest absolute Gasteiger partial charge is 0.349 e. The molecule has 0 aromatic carbocycles. The molecule has 0 radical (unpaired) electrons. The molecule has 2 rings (SSSR count). The van der Waals surface area contributed by atoms with Crippen LogP contribution in [0.15, 0.2) is 15.2 Å². The molecule has 1 aliphatic rings. The van der Waals surface area contributed by atoms with Crippen LogP contribution in [0.5, 0.6) is 0 Å². The zero-order chi connectivity index (χ0) is 13.0. The summed E-state index contributed by atoms with van der Waals surface area (Å²) in [6, 6.07) is 2.24. The van der Waals surface area contributed by atoms with Crippen LogP contribution >= 0.6 is 27.3 Å². The SMILES string of the molecule is CCC(NC(=O)c1csc(Br)c1)C1CCCCC1. The van der Waals surface area contributed by atoms with Gasteiger partial charge in [0.1, 0.15) is 0 Å². The van der Waals surface area contributed by atoms with Gasteiger partial charge in [0.25, 0.3) is 5.91 Å². The minimum atomic E-state index is 0.0781. The third-order valence-corrected chi connectivity index (χ3v) is 5.31. The van der Waals surface area contributed by atoms with Gasteiger partial charge < -0.3 is 5.32 Å². The normalized spacial score (nSPS) is 18.6. The Morgan fingerprint density at radius 3 is 2.78 bits per heavy atom. The molecule has 1 N–H and O–H groups in total. The fourth-order valence-electron chi connectivity index (χ4n) is 2.77. The van der Waals surface area contributed by atoms with Gasteiger partial charge in [-0.15, -0.1) is 11.3 Å². The second-order valence-electron chi connectivity index (χ2n) is 5.03. The van der Waals surface area contributed by atoms with Crippen LogP contribution in [0.3, 0.4) is 0 Å². The van der Waals surface area contributed by atoms with E-state index in [0.717, 1.165) is 15.8 Å². The van der Waals surface area contributed by atoms with Crippen LogP contribution in [0.4, 0.5) is 0 Å². The van der Waals surface area contributed by atoms with Crippen molar-refractivity contribution < 1.29 is 4.79 Å². The van der Waals surface area contributed by atoms with Crippen LogP contribution in [0.1, 0.15) is 55.8 Å². The minimum Gasteiger partial charge on any atom is -0.349 e. The predicted molar refractivity (Wildman–Crippen MR) is 80.1 cm³/mol. The molecule has 1 amide bonds. The molecule has 0 saturated heterocycles. The molecular formula is C14H20BrNOS. The van der Waals surface area contributed by atoms with Crippen molar-refractivity contribution in [1.82, 2.24) is 5.32 Å². The van der Waals surface area contributed by atoms with Crippen molar-refractivity contribution in [2.24, 2.45) is 5.92 Å². The molecule has 1 atom stereocenters. The molecular weight excluding hydrogens is 310 g/mol. The van der Waals surface area contributed by atoms with Gasteiger partial charge in [0, 0.05) is 11.4 Å². The highest BCUT2D eigenvalue weighted by molar-refractivity contribution is 9.11. The molecule has 0 aliphatic heterocycles. The van der Waals surface area contributed by atoms with Crippen LogP contribution in [-0.4, -0.2) is 11.9 Å². The van der Waals surface area contributed by atoms with Gasteiger partial charge in [-0.1, -0.05) is 26.2 Å². The molecule has 2 nitrogen and oxygen atoms in total. The molecule has 0 bridgehead atoms. The summed E-state index contributed by atoms with van der Waals surface area (Å²) in [4.78, 5) is 12.1. The standard InChI is InChI=1S/C14H20BrNOS/c1-2-12(10-6-4-3-5-7-10)16-14(17)11-8-13(15)18-9-11/h8-10,12H,2-7H2,1H3,(H,16,17). The maximum absolute atomic E-state index is 12.1. The number of amides is 1. The lowest BCUT2D eigenvalue weighted by molar-refractivity contribution is 0.0911. The van der Waals surface area contributed by atoms with E-state index in [9.17, 15) is 4.79 Å². The molecule has 4 heteroatoms. The van der Waals surface area contributed by atoms with Crippen LogP contribution in [-0.2, 0) is 0 Å². The molecule has 1 fully saturated rings. The highest BCUT2D eigenvalue weighted by Gasteiger charge is 2.24. The van der Waals surface area contributed by atoms with E-state index in [1.165, 1.54) is 32.1 Å². The van der Waals surface area contributed by atoms with Crippen molar-refractivity contribution in [3.63, 3.8) is 0 Å². The molecule has 1 aromatic heterocycles. The Balaban J connectivity index is 1.95. The van der Waals surface area contributed by atoms with E-state index >= 15 is 0 Å². The first-order valence-corrected chi connectivity index (χ1v) is 8.43. The molecule has 1 saturated carbocycles. The number of hydrogen-bond donors (Lipinski definition) is 1. The summed E-state index contributed by atoms with van der Waals surface area (Å²) in [6.45, 7) is 2.17. The summed E-state index contributed by atoms with van der Waals surface area (Å²) in [5.74, 6) is 0.754. The van der Waals surface area contributed by atoms with E-state index in [0.29, 0.717) is 12.0 Å². The third kappa shape index (κ3) is 3.58. The van der Waals surface area contributed by atoms with Crippen LogP contribution in [0, 0.1) is 5.92 Å². The van der Waals surface area contributed by atoms with E-state index in [-0.39, 0.29) is 5.91 Å². The zero-order valence-electron chi connectivity index (χ0n) is 10.7. The van der Waals surface area contributed by atoms with Crippen molar-refractivity contribution in [2.75, 3.05) is 0 Å². The third-order valence-electron chi connectivity index (χ3n) is 3.80. The van der Waals surface area contributed by atoms with Gasteiger partial charge in [-0.05, 0) is 47.2 Å². The van der Waals surface area contributed by atoms with Crippen LogP contribution in [0.2, 0.25) is 0 Å². The number of nitrogens with one attached hydrogen (secondary N) is 1. The first kappa shape index (κ1) is 14.1. The first-order chi connectivity index (χ1) is 8.70. The Morgan fingerprint density at radius 1 is 1.50 bits per heavy atom. The van der Waals surface area contributed by atoms with E-state index in [1.807, 2.05) is 11.4 Å². The maximum atomic E-state index is 12.1. The van der Waals surface area contributed by atoms with Gasteiger partial charge >= 0.3 is 0 Å². The molecule has 1 heterocycles. The monoisotopic (exact) mass is 329 g/mol. The summed E-state index contributed by atoms with van der Waals surface area (Å²) in [6.07, 6.45) is 7.57. The molecule has 1 aromatic rings. The van der Waals surface area contributed by atoms with Gasteiger partial charge in [-0.25, -0.2) is 0 Å². The molecule has 100 valence electrons. The Bertz CT molecular complexity index is 398.